The summed E-state index contributed by atoms with van der Waals surface area (Å²) in [7, 11) is 4.56. The van der Waals surface area contributed by atoms with E-state index in [1.165, 1.54) is 21.3 Å². The van der Waals surface area contributed by atoms with Gasteiger partial charge in [0.05, 0.1) is 26.9 Å². The lowest BCUT2D eigenvalue weighted by Gasteiger charge is -2.31. The maximum atomic E-state index is 13.4. The lowest BCUT2D eigenvalue weighted by molar-refractivity contribution is 0.0678. The van der Waals surface area contributed by atoms with Crippen LogP contribution in [0.15, 0.2) is 30.3 Å². The summed E-state index contributed by atoms with van der Waals surface area (Å²) in [5.74, 6) is 2.41. The van der Waals surface area contributed by atoms with Crippen molar-refractivity contribution in [3.05, 3.63) is 41.5 Å². The van der Waals surface area contributed by atoms with E-state index >= 15 is 0 Å². The number of nitrogens with zero attached hydrogens (tertiary/aromatic N) is 1. The number of benzene rings is 2. The van der Waals surface area contributed by atoms with Crippen LogP contribution in [0.2, 0.25) is 0 Å². The fraction of sp³-hybridized carbons (Fsp3) is 0.458. The smallest absolute Gasteiger partial charge is 0.257 e. The molecule has 0 aromatic heterocycles. The second-order valence-corrected chi connectivity index (χ2v) is 7.81. The van der Waals surface area contributed by atoms with E-state index < -0.39 is 0 Å². The molecular weight excluding hydrogens is 432 g/mol. The van der Waals surface area contributed by atoms with Gasteiger partial charge in [-0.1, -0.05) is 19.1 Å². The maximum absolute atomic E-state index is 13.4. The highest BCUT2D eigenvalue weighted by Crippen LogP contribution is 2.48. The number of hydrogen-bond acceptors (Lipinski definition) is 6. The number of carbonyl (C=O) groups excluding carboxylic acids is 1. The predicted octanol–water partition coefficient (Wildman–Crippen LogP) is 4.30. The van der Waals surface area contributed by atoms with Gasteiger partial charge in [0, 0.05) is 19.2 Å². The van der Waals surface area contributed by atoms with Gasteiger partial charge in [-0.2, -0.15) is 0 Å². The number of methoxy groups -OCH3 is 3. The number of halogens is 1. The molecule has 1 amide bonds. The average Bonchev–Trinajstić information content (AvgIpc) is 2.79. The van der Waals surface area contributed by atoms with Gasteiger partial charge in [0.15, 0.2) is 11.5 Å². The van der Waals surface area contributed by atoms with Crippen LogP contribution in [0.1, 0.15) is 35.7 Å². The molecule has 0 bridgehead atoms. The van der Waals surface area contributed by atoms with Crippen LogP contribution in [0.5, 0.6) is 28.7 Å². The van der Waals surface area contributed by atoms with Crippen LogP contribution < -0.4 is 24.7 Å². The molecule has 1 heterocycles. The molecule has 7 nitrogen and oxygen atoms in total. The molecule has 0 saturated carbocycles. The zero-order valence-electron chi connectivity index (χ0n) is 19.2. The molecular formula is C24H33ClN2O5. The molecule has 0 aliphatic carbocycles. The van der Waals surface area contributed by atoms with Gasteiger partial charge in [0.25, 0.3) is 5.91 Å². The topological polar surface area (TPSA) is 83.3 Å². The minimum Gasteiger partial charge on any atom is -0.492 e. The van der Waals surface area contributed by atoms with Crippen molar-refractivity contribution in [1.29, 1.82) is 0 Å². The lowest BCUT2D eigenvalue weighted by atomic mass is 9.99. The standard InChI is InChI=1S/C24H32N2O5.ClH/c1-16-6-5-13-26(15-16)24(27)19-14-20(22(29-3)23(30-4)21(19)28-2)31-18-9-7-17(8-10-18)11-12-25;/h7-10,14,16H,5-6,11-13,15,25H2,1-4H3;1H. The van der Waals surface area contributed by atoms with Crippen LogP contribution in [-0.4, -0.2) is 51.8 Å². The van der Waals surface area contributed by atoms with Crippen molar-refractivity contribution in [1.82, 2.24) is 4.90 Å². The second kappa shape index (κ2) is 11.8. The molecule has 1 atom stereocenters. The highest BCUT2D eigenvalue weighted by molar-refractivity contribution is 5.99. The summed E-state index contributed by atoms with van der Waals surface area (Å²) >= 11 is 0. The van der Waals surface area contributed by atoms with E-state index in [0.717, 1.165) is 37.9 Å². The van der Waals surface area contributed by atoms with Crippen molar-refractivity contribution in [3.63, 3.8) is 0 Å². The summed E-state index contributed by atoms with van der Waals surface area (Å²) in [4.78, 5) is 15.3. The average molecular weight is 465 g/mol. The third kappa shape index (κ3) is 5.58. The van der Waals surface area contributed by atoms with Crippen molar-refractivity contribution in [2.75, 3.05) is 41.0 Å². The fourth-order valence-corrected chi connectivity index (χ4v) is 3.98. The molecule has 2 aromatic rings. The first kappa shape index (κ1) is 25.6. The van der Waals surface area contributed by atoms with Gasteiger partial charge < -0.3 is 29.6 Å². The Balaban J connectivity index is 0.00000363. The number of hydrogen-bond donors (Lipinski definition) is 1. The second-order valence-electron chi connectivity index (χ2n) is 7.81. The molecule has 1 aliphatic heterocycles. The van der Waals surface area contributed by atoms with Crippen molar-refractivity contribution in [2.45, 2.75) is 26.2 Å². The first-order valence-electron chi connectivity index (χ1n) is 10.6. The molecule has 8 heteroatoms. The summed E-state index contributed by atoms with van der Waals surface area (Å²) in [5, 5.41) is 0. The van der Waals surface area contributed by atoms with Gasteiger partial charge in [-0.05, 0) is 49.4 Å². The Morgan fingerprint density at radius 3 is 2.28 bits per heavy atom. The van der Waals surface area contributed by atoms with Crippen LogP contribution in [0.25, 0.3) is 0 Å². The molecule has 32 heavy (non-hydrogen) atoms. The van der Waals surface area contributed by atoms with Gasteiger partial charge in [-0.25, -0.2) is 0 Å². The van der Waals surface area contributed by atoms with Crippen molar-refractivity contribution in [3.8, 4) is 28.7 Å². The Bertz CT molecular complexity index is 904. The number of amides is 1. The van der Waals surface area contributed by atoms with Gasteiger partial charge in [0.2, 0.25) is 11.5 Å². The third-order valence-electron chi connectivity index (χ3n) is 5.53. The molecule has 0 radical (unpaired) electrons. The van der Waals surface area contributed by atoms with Crippen LogP contribution in [0.4, 0.5) is 0 Å². The summed E-state index contributed by atoms with van der Waals surface area (Å²) in [6, 6.07) is 9.35. The molecule has 1 aliphatic rings. The Morgan fingerprint density at radius 1 is 1.06 bits per heavy atom. The number of rotatable bonds is 8. The third-order valence-corrected chi connectivity index (χ3v) is 5.53. The van der Waals surface area contributed by atoms with Crippen molar-refractivity contribution >= 4 is 18.3 Å². The zero-order chi connectivity index (χ0) is 22.4. The molecule has 3 rings (SSSR count). The van der Waals surface area contributed by atoms with E-state index in [1.807, 2.05) is 29.2 Å². The molecule has 176 valence electrons. The first-order chi connectivity index (χ1) is 15.0. The van der Waals surface area contributed by atoms with Crippen LogP contribution in [0, 0.1) is 5.92 Å². The van der Waals surface area contributed by atoms with Crippen molar-refractivity contribution < 1.29 is 23.7 Å². The number of piperidine rings is 1. The van der Waals surface area contributed by atoms with E-state index in [1.54, 1.807) is 6.07 Å². The van der Waals surface area contributed by atoms with E-state index in [2.05, 4.69) is 6.92 Å². The summed E-state index contributed by atoms with van der Waals surface area (Å²) in [5.41, 5.74) is 7.15. The SMILES string of the molecule is COc1c(Oc2ccc(CCN)cc2)cc(C(=O)N2CCCC(C)C2)c(OC)c1OC.Cl. The quantitative estimate of drug-likeness (QED) is 0.627. The normalized spacial score (nSPS) is 15.5. The molecule has 1 saturated heterocycles. The van der Waals surface area contributed by atoms with Crippen LogP contribution in [-0.2, 0) is 6.42 Å². The zero-order valence-corrected chi connectivity index (χ0v) is 20.0. The van der Waals surface area contributed by atoms with Gasteiger partial charge in [-0.15, -0.1) is 12.4 Å². The molecule has 2 aromatic carbocycles. The number of ether oxygens (including phenoxy) is 4. The minimum atomic E-state index is -0.104. The summed E-state index contributed by atoms with van der Waals surface area (Å²) in [6.07, 6.45) is 2.91. The van der Waals surface area contributed by atoms with E-state index in [9.17, 15) is 4.79 Å². The molecule has 1 fully saturated rings. The number of nitrogens with two attached hydrogens (primary N) is 1. The predicted molar refractivity (Wildman–Crippen MR) is 127 cm³/mol. The van der Waals surface area contributed by atoms with Gasteiger partial charge in [0.1, 0.15) is 5.75 Å². The Kier molecular flexibility index (Phi) is 9.47. The molecule has 1 unspecified atom stereocenters. The van der Waals surface area contributed by atoms with E-state index in [4.69, 9.17) is 24.7 Å². The van der Waals surface area contributed by atoms with Crippen LogP contribution in [0.3, 0.4) is 0 Å². The number of carbonyl (C=O) groups is 1. The van der Waals surface area contributed by atoms with Gasteiger partial charge in [-0.3, -0.25) is 4.79 Å². The molecule has 0 spiro atoms. The number of likely N-dealkylation sites (tertiary alicyclic amines) is 1. The maximum Gasteiger partial charge on any atom is 0.257 e. The molecule has 2 N–H and O–H groups in total. The fourth-order valence-electron chi connectivity index (χ4n) is 3.98. The lowest BCUT2D eigenvalue weighted by Crippen LogP contribution is -2.39. The van der Waals surface area contributed by atoms with Crippen molar-refractivity contribution in [2.24, 2.45) is 11.7 Å². The van der Waals surface area contributed by atoms with E-state index in [0.29, 0.717) is 46.8 Å². The Labute approximate surface area is 196 Å². The largest absolute Gasteiger partial charge is 0.492 e. The van der Waals surface area contributed by atoms with Crippen LogP contribution >= 0.6 is 12.4 Å². The minimum absolute atomic E-state index is 0. The Hall–Kier alpha value is -2.64. The summed E-state index contributed by atoms with van der Waals surface area (Å²) < 4.78 is 22.8. The van der Waals surface area contributed by atoms with Gasteiger partial charge >= 0.3 is 0 Å². The van der Waals surface area contributed by atoms with E-state index in [-0.39, 0.29) is 18.3 Å². The monoisotopic (exact) mass is 464 g/mol. The highest BCUT2D eigenvalue weighted by atomic mass is 35.5. The highest BCUT2D eigenvalue weighted by Gasteiger charge is 2.30. The summed E-state index contributed by atoms with van der Waals surface area (Å²) in [6.45, 7) is 4.19. The Morgan fingerprint density at radius 2 is 1.72 bits per heavy atom. The first-order valence-corrected chi connectivity index (χ1v) is 10.6.